The third-order valence-electron chi connectivity index (χ3n) is 5.78. The van der Waals surface area contributed by atoms with Crippen molar-refractivity contribution in [2.45, 2.75) is 66.1 Å². The molecule has 1 aromatic heterocycles. The zero-order chi connectivity index (χ0) is 20.6. The van der Waals surface area contributed by atoms with Gasteiger partial charge in [-0.3, -0.25) is 9.69 Å². The second-order valence-electron chi connectivity index (χ2n) is 9.18. The van der Waals surface area contributed by atoms with Gasteiger partial charge in [-0.05, 0) is 19.4 Å². The molecule has 0 spiro atoms. The normalized spacial score (nSPS) is 19.0. The Balaban J connectivity index is 1.97. The van der Waals surface area contributed by atoms with Gasteiger partial charge in [0.2, 0.25) is 5.91 Å². The number of anilines is 1. The molecule has 0 unspecified atom stereocenters. The Morgan fingerprint density at radius 3 is 2.32 bits per heavy atom. The molecule has 2 aliphatic rings. The van der Waals surface area contributed by atoms with Gasteiger partial charge in [0.1, 0.15) is 30.4 Å². The standard InChI is InChI=1S/C22H32N4O2/c1-14(2)19-18-13-28-22(5,6)11-16(18)17(12-23)20(24-19)25-7-9-26(10-8-25)21(27)15(3)4/h14-15H,7-11,13H2,1-6H3/p+1. The van der Waals surface area contributed by atoms with Gasteiger partial charge in [-0.2, -0.15) is 5.26 Å². The number of carbonyl (C=O) groups is 1. The maximum absolute atomic E-state index is 12.3. The first kappa shape index (κ1) is 20.6. The highest BCUT2D eigenvalue weighted by atomic mass is 16.5. The average Bonchev–Trinajstić information content (AvgIpc) is 2.65. The number of aromatic nitrogens is 1. The van der Waals surface area contributed by atoms with Gasteiger partial charge in [0.15, 0.2) is 0 Å². The van der Waals surface area contributed by atoms with E-state index in [1.54, 1.807) is 0 Å². The number of hydrogen-bond donors (Lipinski definition) is 0. The molecular formula is C22H33N4O2+. The number of hydrogen-bond acceptors (Lipinski definition) is 4. The van der Waals surface area contributed by atoms with E-state index in [9.17, 15) is 10.1 Å². The largest absolute Gasteiger partial charge is 0.370 e. The molecule has 0 saturated carbocycles. The van der Waals surface area contributed by atoms with Crippen molar-refractivity contribution in [3.05, 3.63) is 22.4 Å². The second kappa shape index (κ2) is 7.71. The van der Waals surface area contributed by atoms with E-state index >= 15 is 0 Å². The summed E-state index contributed by atoms with van der Waals surface area (Å²) >= 11 is 0. The molecule has 0 radical (unpaired) electrons. The van der Waals surface area contributed by atoms with Crippen LogP contribution in [0.4, 0.5) is 5.82 Å². The number of carbonyl (C=O) groups excluding carboxylic acids is 1. The van der Waals surface area contributed by atoms with E-state index in [1.165, 1.54) is 0 Å². The van der Waals surface area contributed by atoms with Gasteiger partial charge in [0.25, 0.3) is 5.82 Å². The van der Waals surface area contributed by atoms with Crippen LogP contribution in [0.25, 0.3) is 0 Å². The van der Waals surface area contributed by atoms with E-state index in [2.05, 4.69) is 43.6 Å². The first-order valence-corrected chi connectivity index (χ1v) is 10.3. The van der Waals surface area contributed by atoms with Crippen LogP contribution in [0.3, 0.4) is 0 Å². The molecule has 3 heterocycles. The lowest BCUT2D eigenvalue weighted by atomic mass is 9.86. The number of amides is 1. The number of piperazine rings is 1. The fourth-order valence-electron chi connectivity index (χ4n) is 4.19. The third kappa shape index (κ3) is 3.86. The summed E-state index contributed by atoms with van der Waals surface area (Å²) < 4.78 is 6.04. The highest BCUT2D eigenvalue weighted by molar-refractivity contribution is 5.78. The molecular weight excluding hydrogens is 352 g/mol. The van der Waals surface area contributed by atoms with Gasteiger partial charge in [0.05, 0.1) is 25.3 Å². The maximum atomic E-state index is 12.3. The predicted octanol–water partition coefficient (Wildman–Crippen LogP) is 2.65. The molecule has 6 nitrogen and oxygen atoms in total. The molecule has 3 rings (SSSR count). The minimum Gasteiger partial charge on any atom is -0.370 e. The van der Waals surface area contributed by atoms with Crippen molar-refractivity contribution in [2.24, 2.45) is 5.92 Å². The average molecular weight is 386 g/mol. The number of ether oxygens (including phenoxy) is 1. The Morgan fingerprint density at radius 2 is 1.79 bits per heavy atom. The van der Waals surface area contributed by atoms with Gasteiger partial charge >= 0.3 is 0 Å². The van der Waals surface area contributed by atoms with Crippen molar-refractivity contribution in [3.8, 4) is 6.07 Å². The lowest BCUT2D eigenvalue weighted by Crippen LogP contribution is -2.51. The highest BCUT2D eigenvalue weighted by Crippen LogP contribution is 2.35. The van der Waals surface area contributed by atoms with Crippen LogP contribution in [-0.4, -0.2) is 42.6 Å². The number of H-pyrrole nitrogens is 1. The molecule has 2 aliphatic heterocycles. The van der Waals surface area contributed by atoms with Crippen LogP contribution >= 0.6 is 0 Å². The molecule has 6 heteroatoms. The van der Waals surface area contributed by atoms with Crippen molar-refractivity contribution < 1.29 is 14.5 Å². The Kier molecular flexibility index (Phi) is 5.67. The number of aromatic amines is 1. The van der Waals surface area contributed by atoms with E-state index in [1.807, 2.05) is 18.7 Å². The quantitative estimate of drug-likeness (QED) is 0.802. The summed E-state index contributed by atoms with van der Waals surface area (Å²) in [5, 5.41) is 10.0. The van der Waals surface area contributed by atoms with E-state index in [0.29, 0.717) is 25.6 Å². The lowest BCUT2D eigenvalue weighted by Gasteiger charge is -2.35. The summed E-state index contributed by atoms with van der Waals surface area (Å²) in [6, 6.07) is 2.47. The monoisotopic (exact) mass is 385 g/mol. The third-order valence-corrected chi connectivity index (χ3v) is 5.78. The molecule has 152 valence electrons. The van der Waals surface area contributed by atoms with E-state index < -0.39 is 0 Å². The molecule has 0 bridgehead atoms. The Hall–Kier alpha value is -2.13. The zero-order valence-corrected chi connectivity index (χ0v) is 18.1. The van der Waals surface area contributed by atoms with Crippen molar-refractivity contribution >= 4 is 11.7 Å². The number of nitrogens with zero attached hydrogens (tertiary/aromatic N) is 3. The number of rotatable bonds is 3. The van der Waals surface area contributed by atoms with Gasteiger partial charge < -0.3 is 9.64 Å². The van der Waals surface area contributed by atoms with Crippen molar-refractivity contribution in [1.29, 1.82) is 5.26 Å². The molecule has 0 atom stereocenters. The van der Waals surface area contributed by atoms with Crippen molar-refractivity contribution in [3.63, 3.8) is 0 Å². The molecule has 0 aliphatic carbocycles. The minimum atomic E-state index is -0.270. The lowest BCUT2D eigenvalue weighted by molar-refractivity contribution is -0.381. The fourth-order valence-corrected chi connectivity index (χ4v) is 4.19. The van der Waals surface area contributed by atoms with Crippen LogP contribution in [0.1, 0.15) is 69.8 Å². The Labute approximate surface area is 168 Å². The molecule has 1 N–H and O–H groups in total. The summed E-state index contributed by atoms with van der Waals surface area (Å²) in [6.07, 6.45) is 0.735. The summed E-state index contributed by atoms with van der Waals surface area (Å²) in [4.78, 5) is 20.0. The van der Waals surface area contributed by atoms with Gasteiger partial charge in [0, 0.05) is 23.8 Å². The first-order chi connectivity index (χ1) is 13.1. The van der Waals surface area contributed by atoms with Crippen LogP contribution < -0.4 is 9.88 Å². The van der Waals surface area contributed by atoms with Crippen LogP contribution in [0.2, 0.25) is 0 Å². The molecule has 1 saturated heterocycles. The van der Waals surface area contributed by atoms with E-state index in [-0.39, 0.29) is 17.4 Å². The molecule has 0 aromatic carbocycles. The summed E-state index contributed by atoms with van der Waals surface area (Å²) in [5.41, 5.74) is 3.88. The summed E-state index contributed by atoms with van der Waals surface area (Å²) in [7, 11) is 0. The van der Waals surface area contributed by atoms with Gasteiger partial charge in [-0.25, -0.2) is 4.98 Å². The van der Waals surface area contributed by atoms with Gasteiger partial charge in [-0.1, -0.05) is 27.7 Å². The topological polar surface area (TPSA) is 70.7 Å². The molecule has 1 fully saturated rings. The van der Waals surface area contributed by atoms with E-state index in [4.69, 9.17) is 4.74 Å². The predicted molar refractivity (Wildman–Crippen MR) is 108 cm³/mol. The highest BCUT2D eigenvalue weighted by Gasteiger charge is 2.37. The smallest absolute Gasteiger partial charge is 0.293 e. The Morgan fingerprint density at radius 1 is 1.14 bits per heavy atom. The fraction of sp³-hybridized carbons (Fsp3) is 0.682. The van der Waals surface area contributed by atoms with Crippen molar-refractivity contribution in [1.82, 2.24) is 4.90 Å². The minimum absolute atomic E-state index is 0.0197. The van der Waals surface area contributed by atoms with Crippen LogP contribution in [-0.2, 0) is 22.6 Å². The summed E-state index contributed by atoms with van der Waals surface area (Å²) in [6.45, 7) is 15.8. The van der Waals surface area contributed by atoms with Crippen molar-refractivity contribution in [2.75, 3.05) is 31.1 Å². The van der Waals surface area contributed by atoms with Crippen LogP contribution in [0, 0.1) is 17.2 Å². The molecule has 1 aromatic rings. The number of fused-ring (bicyclic) bond motifs is 1. The second-order valence-corrected chi connectivity index (χ2v) is 9.18. The number of pyridine rings is 1. The zero-order valence-electron chi connectivity index (χ0n) is 18.1. The van der Waals surface area contributed by atoms with E-state index in [0.717, 1.165) is 47.7 Å². The molecule has 28 heavy (non-hydrogen) atoms. The summed E-state index contributed by atoms with van der Waals surface area (Å²) in [5.74, 6) is 1.44. The number of nitriles is 1. The number of nitrogens with one attached hydrogen (secondary N) is 1. The SMILES string of the molecule is CC(C)C(=O)N1CCN(c2[nH+]c(C(C)C)c3c(c2C#N)CC(C)(C)OC3)CC1. The first-order valence-electron chi connectivity index (χ1n) is 10.3. The van der Waals surface area contributed by atoms with Gasteiger partial charge in [-0.15, -0.1) is 0 Å². The Bertz CT molecular complexity index is 800. The van der Waals surface area contributed by atoms with Crippen LogP contribution in [0.15, 0.2) is 0 Å². The van der Waals surface area contributed by atoms with Crippen LogP contribution in [0.5, 0.6) is 0 Å². The maximum Gasteiger partial charge on any atom is 0.293 e. The molecule has 1 amide bonds.